The maximum atomic E-state index is 11.5. The van der Waals surface area contributed by atoms with E-state index >= 15 is 0 Å². The highest BCUT2D eigenvalue weighted by molar-refractivity contribution is 4.64. The first-order chi connectivity index (χ1) is 3.72. The Morgan fingerprint density at radius 3 is 1.25 bits per heavy atom. The van der Waals surface area contributed by atoms with Gasteiger partial charge in [-0.2, -0.15) is 0 Å². The lowest BCUT2D eigenvalue weighted by molar-refractivity contribution is 0.114. The number of rotatable bonds is 3. The molecule has 50 valence electrons. The van der Waals surface area contributed by atoms with Gasteiger partial charge in [0.15, 0.2) is 12.3 Å². The molecule has 1 unspecified atom stereocenters. The van der Waals surface area contributed by atoms with Gasteiger partial charge in [-0.05, 0) is 0 Å². The molecule has 0 N–H and O–H groups in total. The van der Waals surface area contributed by atoms with Gasteiger partial charge in [0.1, 0.15) is 13.3 Å². The van der Waals surface area contributed by atoms with Crippen molar-refractivity contribution >= 4 is 0 Å². The van der Waals surface area contributed by atoms with E-state index in [-0.39, 0.29) is 0 Å². The molecule has 0 amide bonds. The molecule has 0 spiro atoms. The maximum absolute atomic E-state index is 11.5. The van der Waals surface area contributed by atoms with Crippen molar-refractivity contribution < 1.29 is 17.6 Å². The number of halogens is 4. The second-order valence-electron chi connectivity index (χ2n) is 1.34. The van der Waals surface area contributed by atoms with Crippen LogP contribution in [0.25, 0.3) is 0 Å². The van der Waals surface area contributed by atoms with Crippen molar-refractivity contribution in [2.24, 2.45) is 0 Å². The van der Waals surface area contributed by atoms with Gasteiger partial charge in [0.05, 0.1) is 0 Å². The molecule has 0 bridgehead atoms. The van der Waals surface area contributed by atoms with E-state index in [1.807, 2.05) is 0 Å². The predicted molar refractivity (Wildman–Crippen MR) is 21.7 cm³/mol. The molecule has 0 aromatic carbocycles. The maximum Gasteiger partial charge on any atom is 0.162 e. The minimum absolute atomic E-state index is 1.45. The molecule has 0 nitrogen and oxygen atoms in total. The Kier molecular flexibility index (Phi) is 3.56. The van der Waals surface area contributed by atoms with Crippen molar-refractivity contribution in [3.05, 3.63) is 0 Å². The molecule has 4 heteroatoms. The smallest absolute Gasteiger partial charge is 0.162 e. The Morgan fingerprint density at radius 1 is 0.875 bits per heavy atom. The largest absolute Gasteiger partial charge is 0.248 e. The van der Waals surface area contributed by atoms with E-state index in [0.29, 0.717) is 0 Å². The van der Waals surface area contributed by atoms with E-state index < -0.39 is 25.7 Å². The zero-order valence-corrected chi connectivity index (χ0v) is 4.08. The first-order valence-electron chi connectivity index (χ1n) is 2.12. The lowest BCUT2D eigenvalue weighted by atomic mass is 10.3. The first-order valence-corrected chi connectivity index (χ1v) is 2.12. The fraction of sp³-hybridized carbons (Fsp3) is 1.00. The normalized spacial score (nSPS) is 18.0. The minimum Gasteiger partial charge on any atom is -0.248 e. The van der Waals surface area contributed by atoms with Gasteiger partial charge in [0.2, 0.25) is 0 Å². The molecule has 0 aliphatic carbocycles. The molecule has 0 saturated heterocycles. The van der Waals surface area contributed by atoms with Gasteiger partial charge in [0, 0.05) is 0 Å². The third-order valence-corrected chi connectivity index (χ3v) is 0.687. The molecular weight excluding hydrogens is 124 g/mol. The van der Waals surface area contributed by atoms with Crippen LogP contribution >= 0.6 is 0 Å². The summed E-state index contributed by atoms with van der Waals surface area (Å²) >= 11 is 0. The summed E-state index contributed by atoms with van der Waals surface area (Å²) in [6.07, 6.45) is -4.58. The molecule has 0 fully saturated rings. The van der Waals surface area contributed by atoms with Crippen LogP contribution in [0, 0.1) is 0 Å². The van der Waals surface area contributed by atoms with Crippen LogP contribution < -0.4 is 0 Å². The number of hydrogen-bond acceptors (Lipinski definition) is 0. The summed E-state index contributed by atoms with van der Waals surface area (Å²) in [6.45, 7) is -2.91. The van der Waals surface area contributed by atoms with Crippen LogP contribution in [0.4, 0.5) is 17.6 Å². The zero-order valence-electron chi connectivity index (χ0n) is 4.08. The fourth-order valence-corrected chi connectivity index (χ4v) is 0.193. The van der Waals surface area contributed by atoms with Crippen LogP contribution in [0.3, 0.4) is 0 Å². The van der Waals surface area contributed by atoms with Gasteiger partial charge in [-0.3, -0.25) is 0 Å². The van der Waals surface area contributed by atoms with Gasteiger partial charge in [-0.15, -0.1) is 0 Å². The van der Waals surface area contributed by atoms with Crippen LogP contribution in [0.5, 0.6) is 0 Å². The minimum atomic E-state index is -2.29. The SMILES string of the molecule is FCC(F)[C@H](F)CF. The predicted octanol–water partition coefficient (Wildman–Crippen LogP) is 1.60. The van der Waals surface area contributed by atoms with Crippen LogP contribution in [-0.2, 0) is 0 Å². The van der Waals surface area contributed by atoms with E-state index in [1.54, 1.807) is 0 Å². The van der Waals surface area contributed by atoms with Crippen molar-refractivity contribution in [3.63, 3.8) is 0 Å². The van der Waals surface area contributed by atoms with E-state index in [4.69, 9.17) is 0 Å². The van der Waals surface area contributed by atoms with Gasteiger partial charge >= 0.3 is 0 Å². The Labute approximate surface area is 44.5 Å². The van der Waals surface area contributed by atoms with E-state index in [2.05, 4.69) is 0 Å². The molecule has 0 aromatic heterocycles. The Hall–Kier alpha value is -0.280. The Bertz CT molecular complexity index is 48.0. The summed E-state index contributed by atoms with van der Waals surface area (Å²) in [5.41, 5.74) is 0. The summed E-state index contributed by atoms with van der Waals surface area (Å²) in [5.74, 6) is 0. The van der Waals surface area contributed by atoms with Crippen molar-refractivity contribution in [1.29, 1.82) is 0 Å². The van der Waals surface area contributed by atoms with Crippen molar-refractivity contribution in [3.8, 4) is 0 Å². The average Bonchev–Trinajstić information content (AvgIpc) is 1.84. The summed E-state index contributed by atoms with van der Waals surface area (Å²) in [5, 5.41) is 0. The highest BCUT2D eigenvalue weighted by Gasteiger charge is 2.19. The second kappa shape index (κ2) is 3.69. The summed E-state index contributed by atoms with van der Waals surface area (Å²) in [4.78, 5) is 0. The number of alkyl halides is 4. The number of hydrogen-bond donors (Lipinski definition) is 0. The van der Waals surface area contributed by atoms with Crippen molar-refractivity contribution in [2.45, 2.75) is 12.3 Å². The van der Waals surface area contributed by atoms with Gasteiger partial charge < -0.3 is 0 Å². The molecule has 0 heterocycles. The topological polar surface area (TPSA) is 0 Å². The highest BCUT2D eigenvalue weighted by atomic mass is 19.2. The molecule has 0 aliphatic heterocycles. The van der Waals surface area contributed by atoms with Gasteiger partial charge in [0.25, 0.3) is 0 Å². The molecule has 0 saturated carbocycles. The monoisotopic (exact) mass is 130 g/mol. The van der Waals surface area contributed by atoms with Gasteiger partial charge in [-0.25, -0.2) is 17.6 Å². The molecule has 0 radical (unpaired) electrons. The summed E-state index contributed by atoms with van der Waals surface area (Å²) in [6, 6.07) is 0. The molecular formula is C4H6F4. The molecule has 0 aromatic rings. The van der Waals surface area contributed by atoms with Crippen LogP contribution in [0.15, 0.2) is 0 Å². The molecule has 8 heavy (non-hydrogen) atoms. The van der Waals surface area contributed by atoms with Crippen LogP contribution in [0.2, 0.25) is 0 Å². The lowest BCUT2D eigenvalue weighted by Gasteiger charge is -2.03. The van der Waals surface area contributed by atoms with E-state index in [0.717, 1.165) is 0 Å². The molecule has 0 aliphatic rings. The second-order valence-corrected chi connectivity index (χ2v) is 1.34. The third-order valence-electron chi connectivity index (χ3n) is 0.687. The Balaban J connectivity index is 3.29. The lowest BCUT2D eigenvalue weighted by Crippen LogP contribution is -2.20. The van der Waals surface area contributed by atoms with Crippen molar-refractivity contribution in [1.82, 2.24) is 0 Å². The summed E-state index contributed by atoms with van der Waals surface area (Å²) in [7, 11) is 0. The standard InChI is InChI=1S/C4H6F4/c5-1-3(7)4(8)2-6/h3-4H,1-2H2/t3-,4?/m1/s1. The van der Waals surface area contributed by atoms with Gasteiger partial charge in [-0.1, -0.05) is 0 Å². The van der Waals surface area contributed by atoms with E-state index in [1.165, 1.54) is 0 Å². The van der Waals surface area contributed by atoms with Crippen molar-refractivity contribution in [2.75, 3.05) is 13.3 Å². The molecule has 0 rings (SSSR count). The fourth-order valence-electron chi connectivity index (χ4n) is 0.193. The third kappa shape index (κ3) is 2.14. The Morgan fingerprint density at radius 2 is 1.12 bits per heavy atom. The van der Waals surface area contributed by atoms with Crippen LogP contribution in [0.1, 0.15) is 0 Å². The average molecular weight is 130 g/mol. The highest BCUT2D eigenvalue weighted by Crippen LogP contribution is 2.04. The van der Waals surface area contributed by atoms with Crippen LogP contribution in [-0.4, -0.2) is 25.7 Å². The zero-order chi connectivity index (χ0) is 6.57. The first kappa shape index (κ1) is 7.72. The quantitative estimate of drug-likeness (QED) is 0.509. The molecule has 2 atom stereocenters. The summed E-state index contributed by atoms with van der Waals surface area (Å²) < 4.78 is 45.2. The van der Waals surface area contributed by atoms with E-state index in [9.17, 15) is 17.6 Å².